The van der Waals surface area contributed by atoms with E-state index < -0.39 is 0 Å². The molecule has 2 aromatic rings. The average molecular weight is 247 g/mol. The van der Waals surface area contributed by atoms with Crippen molar-refractivity contribution in [1.82, 2.24) is 4.98 Å². The largest absolute Gasteiger partial charge is 0.399 e. The van der Waals surface area contributed by atoms with Gasteiger partial charge in [-0.2, -0.15) is 0 Å². The van der Waals surface area contributed by atoms with Crippen LogP contribution >= 0.6 is 11.3 Å². The molecule has 0 aliphatic carbocycles. The molecule has 1 aromatic heterocycles. The third kappa shape index (κ3) is 2.97. The molecule has 0 radical (unpaired) electrons. The minimum absolute atomic E-state index is 0.759. The second-order valence-corrected chi connectivity index (χ2v) is 5.20. The van der Waals surface area contributed by atoms with E-state index in [1.165, 1.54) is 10.4 Å². The lowest BCUT2D eigenvalue weighted by molar-refractivity contribution is 1.09. The molecule has 1 heterocycles. The summed E-state index contributed by atoms with van der Waals surface area (Å²) in [5, 5.41) is 4.49. The lowest BCUT2D eigenvalue weighted by Gasteiger charge is -2.08. The highest BCUT2D eigenvalue weighted by Crippen LogP contribution is 2.20. The summed E-state index contributed by atoms with van der Waals surface area (Å²) in [5.74, 6) is 0. The lowest BCUT2D eigenvalue weighted by Crippen LogP contribution is -2.01. The van der Waals surface area contributed by atoms with E-state index in [2.05, 4.69) is 24.1 Å². The molecule has 2 rings (SSSR count). The number of aromatic nitrogens is 1. The molecule has 90 valence electrons. The fourth-order valence-corrected chi connectivity index (χ4v) is 2.40. The predicted molar refractivity (Wildman–Crippen MR) is 74.4 cm³/mol. The standard InChI is InChI=1S/C13H17N3S/c1-3-11-7-16-13(17-11)8-15-12-6-10(14)5-4-9(12)2/h4-7,15H,3,8,14H2,1-2H3. The fourth-order valence-electron chi connectivity index (χ4n) is 1.59. The third-order valence-electron chi connectivity index (χ3n) is 2.64. The number of aryl methyl sites for hydroxylation is 2. The van der Waals surface area contributed by atoms with Gasteiger partial charge in [-0.3, -0.25) is 0 Å². The maximum Gasteiger partial charge on any atom is 0.112 e. The van der Waals surface area contributed by atoms with Crippen LogP contribution < -0.4 is 11.1 Å². The van der Waals surface area contributed by atoms with Crippen molar-refractivity contribution in [2.45, 2.75) is 26.8 Å². The van der Waals surface area contributed by atoms with E-state index in [0.29, 0.717) is 0 Å². The van der Waals surface area contributed by atoms with Gasteiger partial charge in [-0.15, -0.1) is 11.3 Å². The summed E-state index contributed by atoms with van der Waals surface area (Å²) >= 11 is 1.76. The molecule has 17 heavy (non-hydrogen) atoms. The Bertz CT molecular complexity index is 505. The van der Waals surface area contributed by atoms with Crippen LogP contribution in [0.1, 0.15) is 22.4 Å². The van der Waals surface area contributed by atoms with Crippen LogP contribution in [-0.4, -0.2) is 4.98 Å². The second-order valence-electron chi connectivity index (χ2n) is 4.00. The normalized spacial score (nSPS) is 10.5. The van der Waals surface area contributed by atoms with Crippen LogP contribution in [0.4, 0.5) is 11.4 Å². The smallest absolute Gasteiger partial charge is 0.112 e. The van der Waals surface area contributed by atoms with Crippen molar-refractivity contribution in [2.24, 2.45) is 0 Å². The van der Waals surface area contributed by atoms with Crippen LogP contribution in [0.5, 0.6) is 0 Å². The molecule has 3 N–H and O–H groups in total. The van der Waals surface area contributed by atoms with Gasteiger partial charge in [-0.05, 0) is 31.0 Å². The molecule has 0 aliphatic rings. The third-order valence-corrected chi connectivity index (χ3v) is 3.78. The molecule has 4 heteroatoms. The number of benzene rings is 1. The Hall–Kier alpha value is -1.55. The van der Waals surface area contributed by atoms with E-state index in [1.807, 2.05) is 24.4 Å². The number of nitrogens with zero attached hydrogens (tertiary/aromatic N) is 1. The van der Waals surface area contributed by atoms with E-state index >= 15 is 0 Å². The van der Waals surface area contributed by atoms with Gasteiger partial charge in [0.25, 0.3) is 0 Å². The van der Waals surface area contributed by atoms with Crippen molar-refractivity contribution in [3.05, 3.63) is 39.8 Å². The fraction of sp³-hybridized carbons (Fsp3) is 0.308. The molecule has 0 aliphatic heterocycles. The topological polar surface area (TPSA) is 50.9 Å². The Morgan fingerprint density at radius 1 is 1.41 bits per heavy atom. The zero-order chi connectivity index (χ0) is 12.3. The van der Waals surface area contributed by atoms with E-state index in [0.717, 1.165) is 29.3 Å². The van der Waals surface area contributed by atoms with Crippen LogP contribution in [0.3, 0.4) is 0 Å². The number of hydrogen-bond acceptors (Lipinski definition) is 4. The van der Waals surface area contributed by atoms with Gasteiger partial charge in [0.05, 0.1) is 6.54 Å². The molecular weight excluding hydrogens is 230 g/mol. The molecule has 0 saturated heterocycles. The van der Waals surface area contributed by atoms with E-state index in [4.69, 9.17) is 5.73 Å². The molecule has 0 saturated carbocycles. The van der Waals surface area contributed by atoms with Crippen molar-refractivity contribution in [3.8, 4) is 0 Å². The minimum Gasteiger partial charge on any atom is -0.399 e. The van der Waals surface area contributed by atoms with Crippen molar-refractivity contribution < 1.29 is 0 Å². The summed E-state index contributed by atoms with van der Waals surface area (Å²) in [6, 6.07) is 5.90. The summed E-state index contributed by atoms with van der Waals surface area (Å²) in [5.41, 5.74) is 8.84. The maximum absolute atomic E-state index is 5.77. The molecule has 0 fully saturated rings. The highest BCUT2D eigenvalue weighted by atomic mass is 32.1. The summed E-state index contributed by atoms with van der Waals surface area (Å²) in [7, 11) is 0. The van der Waals surface area contributed by atoms with Crippen molar-refractivity contribution >= 4 is 22.7 Å². The SMILES string of the molecule is CCc1cnc(CNc2cc(N)ccc2C)s1. The first-order valence-electron chi connectivity index (χ1n) is 5.72. The van der Waals surface area contributed by atoms with Crippen LogP contribution in [0.25, 0.3) is 0 Å². The Morgan fingerprint density at radius 3 is 2.94 bits per heavy atom. The Balaban J connectivity index is 2.04. The predicted octanol–water partition coefficient (Wildman–Crippen LogP) is 3.21. The van der Waals surface area contributed by atoms with Crippen LogP contribution in [0, 0.1) is 6.92 Å². The number of anilines is 2. The molecule has 0 amide bonds. The van der Waals surface area contributed by atoms with Crippen LogP contribution in [-0.2, 0) is 13.0 Å². The molecule has 0 spiro atoms. The van der Waals surface area contributed by atoms with Gasteiger partial charge in [0.1, 0.15) is 5.01 Å². The zero-order valence-corrected chi connectivity index (χ0v) is 11.0. The summed E-state index contributed by atoms with van der Waals surface area (Å²) in [6.07, 6.45) is 3.00. The van der Waals surface area contributed by atoms with Gasteiger partial charge in [-0.1, -0.05) is 13.0 Å². The van der Waals surface area contributed by atoms with Gasteiger partial charge in [0, 0.05) is 22.4 Å². The van der Waals surface area contributed by atoms with Crippen molar-refractivity contribution in [3.63, 3.8) is 0 Å². The zero-order valence-electron chi connectivity index (χ0n) is 10.2. The van der Waals surface area contributed by atoms with Gasteiger partial charge >= 0.3 is 0 Å². The van der Waals surface area contributed by atoms with Gasteiger partial charge in [0.15, 0.2) is 0 Å². The Kier molecular flexibility index (Phi) is 3.64. The first kappa shape index (κ1) is 11.9. The number of hydrogen-bond donors (Lipinski definition) is 2. The Morgan fingerprint density at radius 2 is 2.24 bits per heavy atom. The minimum atomic E-state index is 0.759. The van der Waals surface area contributed by atoms with E-state index in [1.54, 1.807) is 11.3 Å². The highest BCUT2D eigenvalue weighted by Gasteiger charge is 2.02. The quantitative estimate of drug-likeness (QED) is 0.816. The molecule has 0 atom stereocenters. The van der Waals surface area contributed by atoms with Crippen molar-refractivity contribution in [1.29, 1.82) is 0 Å². The second kappa shape index (κ2) is 5.19. The number of rotatable bonds is 4. The molecular formula is C13H17N3S. The summed E-state index contributed by atoms with van der Waals surface area (Å²) in [4.78, 5) is 5.70. The maximum atomic E-state index is 5.77. The van der Waals surface area contributed by atoms with E-state index in [9.17, 15) is 0 Å². The van der Waals surface area contributed by atoms with Crippen LogP contribution in [0.15, 0.2) is 24.4 Å². The summed E-state index contributed by atoms with van der Waals surface area (Å²) in [6.45, 7) is 4.98. The Labute approximate surface area is 106 Å². The van der Waals surface area contributed by atoms with Gasteiger partial charge in [-0.25, -0.2) is 4.98 Å². The first-order valence-corrected chi connectivity index (χ1v) is 6.54. The molecule has 0 bridgehead atoms. The average Bonchev–Trinajstić information content (AvgIpc) is 2.78. The number of thiazole rings is 1. The monoisotopic (exact) mass is 247 g/mol. The van der Waals surface area contributed by atoms with Gasteiger partial charge in [0.2, 0.25) is 0 Å². The number of nitrogens with two attached hydrogens (primary N) is 1. The van der Waals surface area contributed by atoms with E-state index in [-0.39, 0.29) is 0 Å². The molecule has 0 unspecified atom stereocenters. The van der Waals surface area contributed by atoms with Crippen molar-refractivity contribution in [2.75, 3.05) is 11.1 Å². The molecule has 1 aromatic carbocycles. The van der Waals surface area contributed by atoms with Gasteiger partial charge < -0.3 is 11.1 Å². The highest BCUT2D eigenvalue weighted by molar-refractivity contribution is 7.11. The molecule has 3 nitrogen and oxygen atoms in total. The number of nitrogens with one attached hydrogen (secondary N) is 1. The number of nitrogen functional groups attached to an aromatic ring is 1. The first-order chi connectivity index (χ1) is 8.19. The lowest BCUT2D eigenvalue weighted by atomic mass is 10.2. The van der Waals surface area contributed by atoms with Crippen LogP contribution in [0.2, 0.25) is 0 Å². The summed E-state index contributed by atoms with van der Waals surface area (Å²) < 4.78 is 0.